The number of aliphatic hydroxyl groups is 2. The second-order valence-electron chi connectivity index (χ2n) is 12.4. The number of aliphatic hydroxyl groups excluding tert-OH is 2. The van der Waals surface area contributed by atoms with Crippen LogP contribution >= 0.6 is 0 Å². The molecule has 0 radical (unpaired) electrons. The van der Waals surface area contributed by atoms with Gasteiger partial charge < -0.3 is 38.6 Å². The predicted molar refractivity (Wildman–Crippen MR) is 135 cm³/mol. The highest BCUT2D eigenvalue weighted by molar-refractivity contribution is 5.83. The molecule has 0 unspecified atom stereocenters. The standard InChI is InChI=1S/C29H38O10/c1-16-11-23(33)35-14-28-10-9-26(3)24(39-26)25(28)38-21-12-20(27(28,4)29(21)15-36-29)37-22(32)8-6-5-7-19(17(2)30)34-13-18(16)31/h5-8,11,17-21,24-25,30-31H,9-10,12-15H2,1-4H3/b7-5+,8-6+,16-11+/t17-,18-,19-,20+,21+,24-,25-,26+,27+,28-,29+/m1/s1. The number of esters is 2. The van der Waals surface area contributed by atoms with Crippen molar-refractivity contribution in [1.82, 2.24) is 0 Å². The van der Waals surface area contributed by atoms with Gasteiger partial charge in [0, 0.05) is 24.0 Å². The number of hydrogen-bond acceptors (Lipinski definition) is 10. The van der Waals surface area contributed by atoms with Crippen LogP contribution in [0.25, 0.3) is 0 Å². The van der Waals surface area contributed by atoms with Gasteiger partial charge in [0.1, 0.15) is 30.5 Å². The zero-order valence-corrected chi connectivity index (χ0v) is 22.8. The molecule has 2 saturated carbocycles. The normalized spacial score (nSPS) is 53.0. The first-order chi connectivity index (χ1) is 18.5. The van der Waals surface area contributed by atoms with Gasteiger partial charge in [-0.1, -0.05) is 25.2 Å². The fourth-order valence-electron chi connectivity index (χ4n) is 7.55. The van der Waals surface area contributed by atoms with Gasteiger partial charge in [-0.15, -0.1) is 0 Å². The van der Waals surface area contributed by atoms with Crippen LogP contribution in [-0.4, -0.2) is 95.9 Å². The number of fused-ring (bicyclic) bond motifs is 2. The Morgan fingerprint density at radius 2 is 1.82 bits per heavy atom. The van der Waals surface area contributed by atoms with E-state index in [1.165, 1.54) is 12.2 Å². The van der Waals surface area contributed by atoms with Gasteiger partial charge in [0.2, 0.25) is 0 Å². The molecule has 4 heterocycles. The van der Waals surface area contributed by atoms with Crippen molar-refractivity contribution in [2.45, 2.75) is 101 Å². The number of cyclic esters (lactones) is 1. The first-order valence-electron chi connectivity index (χ1n) is 13.8. The molecule has 5 fully saturated rings. The van der Waals surface area contributed by atoms with Gasteiger partial charge in [-0.3, -0.25) is 0 Å². The van der Waals surface area contributed by atoms with E-state index in [1.807, 2.05) is 0 Å². The molecule has 214 valence electrons. The maximum atomic E-state index is 13.0. The van der Waals surface area contributed by atoms with Crippen molar-refractivity contribution in [2.24, 2.45) is 10.8 Å². The summed E-state index contributed by atoms with van der Waals surface area (Å²) in [5.41, 5.74) is -1.91. The molecule has 11 atom stereocenters. The highest BCUT2D eigenvalue weighted by Crippen LogP contribution is 2.75. The first kappa shape index (κ1) is 27.1. The lowest BCUT2D eigenvalue weighted by Gasteiger charge is -2.58. The molecule has 0 aromatic carbocycles. The number of epoxide rings is 2. The second kappa shape index (κ2) is 9.22. The van der Waals surface area contributed by atoms with Crippen LogP contribution in [0.2, 0.25) is 0 Å². The third-order valence-corrected chi connectivity index (χ3v) is 10.3. The summed E-state index contributed by atoms with van der Waals surface area (Å²) in [6.45, 7) is 7.74. The van der Waals surface area contributed by atoms with E-state index in [4.69, 9.17) is 28.4 Å². The summed E-state index contributed by atoms with van der Waals surface area (Å²) in [5, 5.41) is 20.6. The Labute approximate surface area is 227 Å². The Kier molecular flexibility index (Phi) is 6.41. The van der Waals surface area contributed by atoms with E-state index in [2.05, 4.69) is 13.8 Å². The summed E-state index contributed by atoms with van der Waals surface area (Å²) < 4.78 is 36.7. The average Bonchev–Trinajstić information content (AvgIpc) is 3.79. The van der Waals surface area contributed by atoms with Gasteiger partial charge in [-0.25, -0.2) is 9.59 Å². The highest BCUT2D eigenvalue weighted by Gasteiger charge is 2.86. The predicted octanol–water partition coefficient (Wildman–Crippen LogP) is 1.52. The molecule has 2 N–H and O–H groups in total. The minimum Gasteiger partial charge on any atom is -0.462 e. The Hall–Kier alpha value is -2.08. The number of hydrogen-bond donors (Lipinski definition) is 2. The van der Waals surface area contributed by atoms with Crippen LogP contribution in [0.4, 0.5) is 0 Å². The van der Waals surface area contributed by atoms with Crippen molar-refractivity contribution in [1.29, 1.82) is 0 Å². The summed E-state index contributed by atoms with van der Waals surface area (Å²) in [4.78, 5) is 26.0. The molecule has 3 saturated heterocycles. The average molecular weight is 547 g/mol. The number of rotatable bonds is 1. The van der Waals surface area contributed by atoms with Crippen LogP contribution in [0, 0.1) is 10.8 Å². The summed E-state index contributed by atoms with van der Waals surface area (Å²) in [6, 6.07) is 0. The van der Waals surface area contributed by atoms with Gasteiger partial charge in [-0.05, 0) is 39.2 Å². The van der Waals surface area contributed by atoms with Gasteiger partial charge in [0.25, 0.3) is 0 Å². The number of carbonyl (C=O) groups excluding carboxylic acids is 2. The van der Waals surface area contributed by atoms with E-state index < -0.39 is 52.8 Å². The first-order valence-corrected chi connectivity index (χ1v) is 13.8. The fourth-order valence-corrected chi connectivity index (χ4v) is 7.55. The molecule has 6 aliphatic rings. The quantitative estimate of drug-likeness (QED) is 0.368. The SMILES string of the molecule is C/C1=C\C(=O)OC[C@]23CC[C@]4(C)O[C@@H]4[C@H]2O[C@H]2C[C@H](OC(=O)/C=C/C=C/[C@H]([C@@H](C)O)OC[C@H]1O)[C@]3(C)[C@]21CO1. The largest absolute Gasteiger partial charge is 0.462 e. The van der Waals surface area contributed by atoms with Crippen LogP contribution in [0.15, 0.2) is 36.0 Å². The molecule has 10 heteroatoms. The van der Waals surface area contributed by atoms with Crippen LogP contribution in [0.1, 0.15) is 47.0 Å². The summed E-state index contributed by atoms with van der Waals surface area (Å²) in [6.07, 6.45) is 5.28. The van der Waals surface area contributed by atoms with Crippen molar-refractivity contribution >= 4 is 11.9 Å². The van der Waals surface area contributed by atoms with Crippen molar-refractivity contribution in [3.8, 4) is 0 Å². The molecule has 4 aliphatic heterocycles. The molecule has 6 rings (SSSR count). The number of carbonyl (C=O) groups is 2. The summed E-state index contributed by atoms with van der Waals surface area (Å²) in [7, 11) is 0. The van der Waals surface area contributed by atoms with Gasteiger partial charge in [0.15, 0.2) is 0 Å². The van der Waals surface area contributed by atoms with Crippen molar-refractivity contribution < 1.29 is 48.2 Å². The smallest absolute Gasteiger partial charge is 0.331 e. The van der Waals surface area contributed by atoms with Gasteiger partial charge in [0.05, 0.1) is 48.6 Å². The molecular formula is C29H38O10. The summed E-state index contributed by atoms with van der Waals surface area (Å²) >= 11 is 0. The van der Waals surface area contributed by atoms with Gasteiger partial charge >= 0.3 is 11.9 Å². The molecule has 0 aromatic rings. The monoisotopic (exact) mass is 546 g/mol. The number of ether oxygens (including phenoxy) is 6. The van der Waals surface area contributed by atoms with Crippen LogP contribution < -0.4 is 0 Å². The summed E-state index contributed by atoms with van der Waals surface area (Å²) in [5.74, 6) is -1.10. The molecule has 0 aromatic heterocycles. The van der Waals surface area contributed by atoms with Crippen LogP contribution in [-0.2, 0) is 38.0 Å². The van der Waals surface area contributed by atoms with Crippen LogP contribution in [0.3, 0.4) is 0 Å². The minimum absolute atomic E-state index is 0.0356. The lowest BCUT2D eigenvalue weighted by Crippen LogP contribution is -2.69. The van der Waals surface area contributed by atoms with E-state index in [0.29, 0.717) is 25.0 Å². The lowest BCUT2D eigenvalue weighted by atomic mass is 9.50. The Bertz CT molecular complexity index is 1120. The van der Waals surface area contributed by atoms with E-state index in [-0.39, 0.29) is 37.1 Å². The zero-order valence-electron chi connectivity index (χ0n) is 22.8. The van der Waals surface area contributed by atoms with E-state index >= 15 is 0 Å². The molecule has 39 heavy (non-hydrogen) atoms. The van der Waals surface area contributed by atoms with E-state index in [0.717, 1.165) is 6.42 Å². The topological polar surface area (TPSA) is 137 Å². The second-order valence-corrected chi connectivity index (χ2v) is 12.4. The third-order valence-electron chi connectivity index (χ3n) is 10.3. The highest BCUT2D eigenvalue weighted by atomic mass is 16.7. The maximum Gasteiger partial charge on any atom is 0.331 e. The number of allylic oxidation sites excluding steroid dienone is 2. The molecule has 10 nitrogen and oxygen atoms in total. The molecular weight excluding hydrogens is 508 g/mol. The molecule has 2 aliphatic carbocycles. The molecule has 0 amide bonds. The molecule has 2 spiro atoms. The van der Waals surface area contributed by atoms with Gasteiger partial charge in [-0.2, -0.15) is 0 Å². The third kappa shape index (κ3) is 4.06. The van der Waals surface area contributed by atoms with Crippen LogP contribution in [0.5, 0.6) is 0 Å². The lowest BCUT2D eigenvalue weighted by molar-refractivity contribution is -0.250. The molecule has 2 bridgehead atoms. The zero-order chi connectivity index (χ0) is 27.8. The van der Waals surface area contributed by atoms with Crippen molar-refractivity contribution in [3.63, 3.8) is 0 Å². The maximum absolute atomic E-state index is 13.0. The van der Waals surface area contributed by atoms with Crippen molar-refractivity contribution in [3.05, 3.63) is 36.0 Å². The minimum atomic E-state index is -1.07. The van der Waals surface area contributed by atoms with Crippen molar-refractivity contribution in [2.75, 3.05) is 19.8 Å². The Balaban J connectivity index is 1.37. The fraction of sp³-hybridized carbons (Fsp3) is 0.724. The van der Waals surface area contributed by atoms with E-state index in [1.54, 1.807) is 32.1 Å². The Morgan fingerprint density at radius 3 is 2.54 bits per heavy atom. The van der Waals surface area contributed by atoms with E-state index in [9.17, 15) is 19.8 Å². The Morgan fingerprint density at radius 1 is 1.05 bits per heavy atom.